The van der Waals surface area contributed by atoms with Gasteiger partial charge in [0, 0.05) is 23.3 Å². The third-order valence-corrected chi connectivity index (χ3v) is 2.88. The molecule has 4 nitrogen and oxygen atoms in total. The van der Waals surface area contributed by atoms with E-state index in [0.717, 1.165) is 10.6 Å². The van der Waals surface area contributed by atoms with Crippen molar-refractivity contribution >= 4 is 33.6 Å². The maximum absolute atomic E-state index is 11.1. The van der Waals surface area contributed by atoms with Crippen LogP contribution >= 0.6 is 27.6 Å². The number of pyridine rings is 1. The van der Waals surface area contributed by atoms with Crippen LogP contribution in [0.4, 0.5) is 0 Å². The highest BCUT2D eigenvalue weighted by atomic mass is 79.9. The number of halogens is 1. The summed E-state index contributed by atoms with van der Waals surface area (Å²) >= 11 is 3.99. The fourth-order valence-corrected chi connectivity index (χ4v) is 1.97. The normalized spacial score (nSPS) is 9.93. The molecular formula is C9H5BrN2O2S. The van der Waals surface area contributed by atoms with Gasteiger partial charge in [0.25, 0.3) is 0 Å². The molecule has 0 atom stereocenters. The van der Waals surface area contributed by atoms with Gasteiger partial charge in [-0.2, -0.15) is 0 Å². The molecule has 0 N–H and O–H groups in total. The Morgan fingerprint density at radius 1 is 1.53 bits per heavy atom. The van der Waals surface area contributed by atoms with Gasteiger partial charge < -0.3 is 3.83 Å². The molecule has 2 aromatic rings. The Kier molecular flexibility index (Phi) is 3.08. The molecule has 6 heteroatoms. The lowest BCUT2D eigenvalue weighted by molar-refractivity contribution is 0.0777. The maximum Gasteiger partial charge on any atom is 0.369 e. The first-order valence-electron chi connectivity index (χ1n) is 4.00. The van der Waals surface area contributed by atoms with Gasteiger partial charge >= 0.3 is 5.97 Å². The molecule has 0 aliphatic heterocycles. The summed E-state index contributed by atoms with van der Waals surface area (Å²) in [5.41, 5.74) is 1.17. The highest BCUT2D eigenvalue weighted by molar-refractivity contribution is 9.06. The van der Waals surface area contributed by atoms with Gasteiger partial charge in [-0.15, -0.1) is 11.3 Å². The summed E-state index contributed by atoms with van der Waals surface area (Å²) < 4.78 is 4.39. The molecule has 76 valence electrons. The molecule has 2 heterocycles. The second-order valence-corrected chi connectivity index (χ2v) is 3.83. The van der Waals surface area contributed by atoms with E-state index in [1.54, 1.807) is 17.8 Å². The lowest BCUT2D eigenvalue weighted by atomic mass is 10.3. The summed E-state index contributed by atoms with van der Waals surface area (Å²) in [4.78, 5) is 19.2. The highest BCUT2D eigenvalue weighted by Crippen LogP contribution is 2.23. The Labute approximate surface area is 98.4 Å². The number of hydrogen-bond acceptors (Lipinski definition) is 5. The topological polar surface area (TPSA) is 52.1 Å². The van der Waals surface area contributed by atoms with E-state index in [1.165, 1.54) is 11.3 Å². The van der Waals surface area contributed by atoms with Crippen LogP contribution in [-0.2, 0) is 3.83 Å². The summed E-state index contributed by atoms with van der Waals surface area (Å²) in [5.74, 6) is -0.499. The van der Waals surface area contributed by atoms with Crippen LogP contribution in [0.5, 0.6) is 0 Å². The zero-order valence-electron chi connectivity index (χ0n) is 7.38. The number of hydrogen-bond donors (Lipinski definition) is 0. The van der Waals surface area contributed by atoms with Crippen molar-refractivity contribution < 1.29 is 8.62 Å². The molecule has 2 aromatic heterocycles. The predicted molar refractivity (Wildman–Crippen MR) is 59.7 cm³/mol. The number of rotatable bonds is 2. The van der Waals surface area contributed by atoms with E-state index in [1.807, 2.05) is 12.1 Å². The fraction of sp³-hybridized carbons (Fsp3) is 0. The molecular weight excluding hydrogens is 280 g/mol. The van der Waals surface area contributed by atoms with Crippen LogP contribution in [0, 0.1) is 0 Å². The maximum atomic E-state index is 11.1. The molecule has 0 fully saturated rings. The largest absolute Gasteiger partial charge is 0.379 e. The molecule has 0 saturated heterocycles. The first-order chi connectivity index (χ1) is 7.31. The molecule has 0 saturated carbocycles. The number of aromatic nitrogens is 2. The summed E-state index contributed by atoms with van der Waals surface area (Å²) in [6.07, 6.45) is 3.38. The minimum absolute atomic E-state index is 0.288. The number of nitrogens with zero attached hydrogens (tertiary/aromatic N) is 2. The van der Waals surface area contributed by atoms with Crippen molar-refractivity contribution in [2.24, 2.45) is 0 Å². The van der Waals surface area contributed by atoms with Crippen LogP contribution in [-0.4, -0.2) is 15.9 Å². The monoisotopic (exact) mass is 284 g/mol. The third kappa shape index (κ3) is 2.21. The zero-order chi connectivity index (χ0) is 10.7. The number of carbonyl (C=O) groups excluding carboxylic acids is 1. The molecule has 0 aliphatic rings. The van der Waals surface area contributed by atoms with Gasteiger partial charge in [0.1, 0.15) is 5.01 Å². The van der Waals surface area contributed by atoms with Gasteiger partial charge in [0.15, 0.2) is 22.0 Å². The first-order valence-corrected chi connectivity index (χ1v) is 5.53. The number of thiazole rings is 1. The summed E-state index contributed by atoms with van der Waals surface area (Å²) in [7, 11) is 0. The van der Waals surface area contributed by atoms with Crippen molar-refractivity contribution in [3.05, 3.63) is 35.6 Å². The van der Waals surface area contributed by atoms with Crippen molar-refractivity contribution in [1.82, 2.24) is 9.97 Å². The van der Waals surface area contributed by atoms with Crippen molar-refractivity contribution in [3.8, 4) is 10.6 Å². The van der Waals surface area contributed by atoms with Gasteiger partial charge in [0.05, 0.1) is 0 Å². The molecule has 15 heavy (non-hydrogen) atoms. The lowest BCUT2D eigenvalue weighted by Crippen LogP contribution is -1.97. The SMILES string of the molecule is O=C(OBr)c1csc(-c2cccnc2)n1. The Hall–Kier alpha value is -1.27. The van der Waals surface area contributed by atoms with E-state index in [2.05, 4.69) is 30.1 Å². The van der Waals surface area contributed by atoms with Gasteiger partial charge in [-0.05, 0) is 12.1 Å². The van der Waals surface area contributed by atoms with E-state index < -0.39 is 5.97 Å². The van der Waals surface area contributed by atoms with E-state index >= 15 is 0 Å². The summed E-state index contributed by atoms with van der Waals surface area (Å²) in [5, 5.41) is 2.39. The minimum Gasteiger partial charge on any atom is -0.379 e. The van der Waals surface area contributed by atoms with Crippen LogP contribution in [0.25, 0.3) is 10.6 Å². The van der Waals surface area contributed by atoms with E-state index in [9.17, 15) is 4.79 Å². The van der Waals surface area contributed by atoms with Gasteiger partial charge in [0.2, 0.25) is 0 Å². The molecule has 0 radical (unpaired) electrons. The average Bonchev–Trinajstić information content (AvgIpc) is 2.78. The second kappa shape index (κ2) is 4.50. The Bertz CT molecular complexity index is 472. The van der Waals surface area contributed by atoms with Gasteiger partial charge in [-0.3, -0.25) is 4.98 Å². The van der Waals surface area contributed by atoms with Crippen LogP contribution in [0.1, 0.15) is 10.5 Å². The van der Waals surface area contributed by atoms with E-state index in [4.69, 9.17) is 0 Å². The van der Waals surface area contributed by atoms with Crippen molar-refractivity contribution in [2.45, 2.75) is 0 Å². The van der Waals surface area contributed by atoms with Crippen LogP contribution in [0.3, 0.4) is 0 Å². The molecule has 0 unspecified atom stereocenters. The Balaban J connectivity index is 2.32. The first kappa shape index (κ1) is 10.3. The van der Waals surface area contributed by atoms with Gasteiger partial charge in [-0.1, -0.05) is 0 Å². The smallest absolute Gasteiger partial charge is 0.369 e. The second-order valence-electron chi connectivity index (χ2n) is 2.64. The molecule has 0 aromatic carbocycles. The Morgan fingerprint density at radius 2 is 2.40 bits per heavy atom. The van der Waals surface area contributed by atoms with Gasteiger partial charge in [-0.25, -0.2) is 9.78 Å². The fourth-order valence-electron chi connectivity index (χ4n) is 1.03. The average molecular weight is 285 g/mol. The minimum atomic E-state index is -0.499. The molecule has 2 rings (SSSR count). The van der Waals surface area contributed by atoms with Crippen LogP contribution in [0.15, 0.2) is 29.9 Å². The third-order valence-electron chi connectivity index (χ3n) is 1.69. The summed E-state index contributed by atoms with van der Waals surface area (Å²) in [6.45, 7) is 0. The standard InChI is InChI=1S/C9H5BrN2O2S/c10-14-9(13)7-5-15-8(12-7)6-2-1-3-11-4-6/h1-5H. The van der Waals surface area contributed by atoms with Crippen molar-refractivity contribution in [1.29, 1.82) is 0 Å². The molecule has 0 aliphatic carbocycles. The van der Waals surface area contributed by atoms with Crippen molar-refractivity contribution in [3.63, 3.8) is 0 Å². The number of carbonyl (C=O) groups is 1. The summed E-state index contributed by atoms with van der Waals surface area (Å²) in [6, 6.07) is 3.70. The molecule has 0 bridgehead atoms. The van der Waals surface area contributed by atoms with Crippen molar-refractivity contribution in [2.75, 3.05) is 0 Å². The molecule has 0 amide bonds. The van der Waals surface area contributed by atoms with Crippen LogP contribution < -0.4 is 0 Å². The quantitative estimate of drug-likeness (QED) is 0.851. The van der Waals surface area contributed by atoms with E-state index in [0.29, 0.717) is 0 Å². The molecule has 0 spiro atoms. The van der Waals surface area contributed by atoms with Crippen LogP contribution in [0.2, 0.25) is 0 Å². The zero-order valence-corrected chi connectivity index (χ0v) is 9.79. The Morgan fingerprint density at radius 3 is 3.07 bits per heavy atom. The lowest BCUT2D eigenvalue weighted by Gasteiger charge is -1.92. The van der Waals surface area contributed by atoms with E-state index in [-0.39, 0.29) is 5.69 Å². The predicted octanol–water partition coefficient (Wildman–Crippen LogP) is 2.67. The highest BCUT2D eigenvalue weighted by Gasteiger charge is 2.12.